The number of halogens is 1. The van der Waals surface area contributed by atoms with Gasteiger partial charge in [0.1, 0.15) is 5.82 Å². The van der Waals surface area contributed by atoms with Gasteiger partial charge < -0.3 is 10.6 Å². The summed E-state index contributed by atoms with van der Waals surface area (Å²) in [4.78, 5) is 16.3. The molecule has 1 aromatic heterocycles. The Morgan fingerprint density at radius 2 is 2.32 bits per heavy atom. The first kappa shape index (κ1) is 14.5. The molecule has 6 heteroatoms. The SMILES string of the molecule is CCNc1cc(C(=O)NCC2(SC)CC2)c(Cl)cn1. The fourth-order valence-electron chi connectivity index (χ4n) is 1.82. The van der Waals surface area contributed by atoms with Crippen molar-refractivity contribution in [3.05, 3.63) is 22.8 Å². The van der Waals surface area contributed by atoms with Gasteiger partial charge in [-0.2, -0.15) is 11.8 Å². The molecule has 1 heterocycles. The fraction of sp³-hybridized carbons (Fsp3) is 0.538. The van der Waals surface area contributed by atoms with Gasteiger partial charge in [0, 0.05) is 24.0 Å². The van der Waals surface area contributed by atoms with E-state index in [4.69, 9.17) is 11.6 Å². The minimum absolute atomic E-state index is 0.133. The summed E-state index contributed by atoms with van der Waals surface area (Å²) in [5.41, 5.74) is 0.476. The number of nitrogens with one attached hydrogen (secondary N) is 2. The smallest absolute Gasteiger partial charge is 0.253 e. The van der Waals surface area contributed by atoms with Gasteiger partial charge in [-0.25, -0.2) is 4.98 Å². The highest BCUT2D eigenvalue weighted by Crippen LogP contribution is 2.46. The predicted molar refractivity (Wildman–Crippen MR) is 81.2 cm³/mol. The lowest BCUT2D eigenvalue weighted by atomic mass is 10.2. The molecule has 2 N–H and O–H groups in total. The fourth-order valence-corrected chi connectivity index (χ4v) is 2.74. The van der Waals surface area contributed by atoms with Crippen molar-refractivity contribution in [3.8, 4) is 0 Å². The lowest BCUT2D eigenvalue weighted by Gasteiger charge is -2.14. The molecule has 1 aliphatic rings. The number of anilines is 1. The Labute approximate surface area is 122 Å². The highest BCUT2D eigenvalue weighted by Gasteiger charge is 2.42. The summed E-state index contributed by atoms with van der Waals surface area (Å²) in [6.07, 6.45) is 5.93. The predicted octanol–water partition coefficient (Wildman–Crippen LogP) is 2.79. The Balaban J connectivity index is 2.03. The average molecular weight is 300 g/mol. The highest BCUT2D eigenvalue weighted by atomic mass is 35.5. The molecule has 4 nitrogen and oxygen atoms in total. The van der Waals surface area contributed by atoms with Crippen molar-refractivity contribution < 1.29 is 4.79 Å². The van der Waals surface area contributed by atoms with Gasteiger partial charge in [-0.05, 0) is 32.1 Å². The van der Waals surface area contributed by atoms with Crippen molar-refractivity contribution in [3.63, 3.8) is 0 Å². The topological polar surface area (TPSA) is 54.0 Å². The Morgan fingerprint density at radius 3 is 2.89 bits per heavy atom. The normalized spacial score (nSPS) is 15.9. The minimum atomic E-state index is -0.133. The standard InChI is InChI=1S/C13H18ClN3OS/c1-3-15-11-6-9(10(14)7-16-11)12(18)17-8-13(19-2)4-5-13/h6-7H,3-5,8H2,1-2H3,(H,15,16)(H,17,18). The van der Waals surface area contributed by atoms with E-state index in [1.54, 1.807) is 6.07 Å². The van der Waals surface area contributed by atoms with E-state index in [-0.39, 0.29) is 10.7 Å². The number of rotatable bonds is 6. The van der Waals surface area contributed by atoms with E-state index >= 15 is 0 Å². The van der Waals surface area contributed by atoms with Crippen LogP contribution >= 0.6 is 23.4 Å². The summed E-state index contributed by atoms with van der Waals surface area (Å²) in [6, 6.07) is 1.69. The van der Waals surface area contributed by atoms with E-state index in [1.807, 2.05) is 18.7 Å². The maximum Gasteiger partial charge on any atom is 0.253 e. The number of thioether (sulfide) groups is 1. The van der Waals surface area contributed by atoms with Gasteiger partial charge in [0.05, 0.1) is 10.6 Å². The van der Waals surface area contributed by atoms with Gasteiger partial charge in [0.2, 0.25) is 0 Å². The van der Waals surface area contributed by atoms with E-state index in [9.17, 15) is 4.79 Å². The highest BCUT2D eigenvalue weighted by molar-refractivity contribution is 8.00. The summed E-state index contributed by atoms with van der Waals surface area (Å²) >= 11 is 7.85. The van der Waals surface area contributed by atoms with E-state index in [1.165, 1.54) is 19.0 Å². The lowest BCUT2D eigenvalue weighted by Crippen LogP contribution is -2.31. The number of hydrogen-bond donors (Lipinski definition) is 2. The van der Waals surface area contributed by atoms with Gasteiger partial charge in [-0.1, -0.05) is 11.6 Å². The zero-order chi connectivity index (χ0) is 13.9. The van der Waals surface area contributed by atoms with Gasteiger partial charge in [0.15, 0.2) is 0 Å². The average Bonchev–Trinajstić information content (AvgIpc) is 3.19. The summed E-state index contributed by atoms with van der Waals surface area (Å²) in [7, 11) is 0. The molecule has 19 heavy (non-hydrogen) atoms. The molecule has 0 spiro atoms. The first-order chi connectivity index (χ1) is 9.10. The third-order valence-corrected chi connectivity index (χ3v) is 4.99. The van der Waals surface area contributed by atoms with Crippen LogP contribution in [0.5, 0.6) is 0 Å². The van der Waals surface area contributed by atoms with Gasteiger partial charge >= 0.3 is 0 Å². The summed E-state index contributed by atoms with van der Waals surface area (Å²) in [6.45, 7) is 3.43. The molecule has 1 saturated carbocycles. The van der Waals surface area contributed by atoms with E-state index in [0.717, 1.165) is 6.54 Å². The first-order valence-corrected chi connectivity index (χ1v) is 7.93. The molecule has 0 radical (unpaired) electrons. The largest absolute Gasteiger partial charge is 0.370 e. The second kappa shape index (κ2) is 6.01. The minimum Gasteiger partial charge on any atom is -0.370 e. The summed E-state index contributed by atoms with van der Waals surface area (Å²) < 4.78 is 0.250. The number of carbonyl (C=O) groups is 1. The molecule has 1 aliphatic carbocycles. The second-order valence-electron chi connectivity index (χ2n) is 4.65. The number of amides is 1. The van der Waals surface area contributed by atoms with Crippen LogP contribution in [0, 0.1) is 0 Å². The summed E-state index contributed by atoms with van der Waals surface area (Å²) in [5, 5.41) is 6.42. The maximum absolute atomic E-state index is 12.2. The molecule has 1 aromatic rings. The zero-order valence-corrected chi connectivity index (χ0v) is 12.7. The molecular weight excluding hydrogens is 282 g/mol. The molecule has 0 aliphatic heterocycles. The Morgan fingerprint density at radius 1 is 1.58 bits per heavy atom. The quantitative estimate of drug-likeness (QED) is 0.848. The molecule has 1 fully saturated rings. The maximum atomic E-state index is 12.2. The van der Waals surface area contributed by atoms with Crippen LogP contribution in [0.1, 0.15) is 30.1 Å². The molecule has 2 rings (SSSR count). The Bertz CT molecular complexity index is 477. The van der Waals surface area contributed by atoms with Crippen molar-refractivity contribution in [2.24, 2.45) is 0 Å². The van der Waals surface area contributed by atoms with Crippen molar-refractivity contribution >= 4 is 35.1 Å². The van der Waals surface area contributed by atoms with Crippen LogP contribution in [0.15, 0.2) is 12.3 Å². The Hall–Kier alpha value is -0.940. The molecule has 0 atom stereocenters. The van der Waals surface area contributed by atoms with Crippen LogP contribution in [0.25, 0.3) is 0 Å². The number of pyridine rings is 1. The van der Waals surface area contributed by atoms with Crippen LogP contribution in [-0.2, 0) is 0 Å². The van der Waals surface area contributed by atoms with Crippen molar-refractivity contribution in [2.75, 3.05) is 24.7 Å². The zero-order valence-electron chi connectivity index (χ0n) is 11.1. The second-order valence-corrected chi connectivity index (χ2v) is 6.33. The molecule has 0 unspecified atom stereocenters. The van der Waals surface area contributed by atoms with E-state index in [2.05, 4.69) is 21.9 Å². The van der Waals surface area contributed by atoms with Crippen LogP contribution in [-0.4, -0.2) is 35.0 Å². The lowest BCUT2D eigenvalue weighted by molar-refractivity contribution is 0.0953. The number of hydrogen-bond acceptors (Lipinski definition) is 4. The molecule has 1 amide bonds. The van der Waals surface area contributed by atoms with Crippen molar-refractivity contribution in [2.45, 2.75) is 24.5 Å². The number of aromatic nitrogens is 1. The van der Waals surface area contributed by atoms with Crippen LogP contribution in [0.3, 0.4) is 0 Å². The van der Waals surface area contributed by atoms with E-state index in [0.29, 0.717) is 22.9 Å². The Kier molecular flexibility index (Phi) is 4.58. The molecule has 0 bridgehead atoms. The molecule has 104 valence electrons. The summed E-state index contributed by atoms with van der Waals surface area (Å²) in [5.74, 6) is 0.537. The van der Waals surface area contributed by atoms with Crippen LogP contribution < -0.4 is 10.6 Å². The van der Waals surface area contributed by atoms with Gasteiger partial charge in [0.25, 0.3) is 5.91 Å². The number of nitrogens with zero attached hydrogens (tertiary/aromatic N) is 1. The number of carbonyl (C=O) groups excluding carboxylic acids is 1. The molecule has 0 saturated heterocycles. The third-order valence-electron chi connectivity index (χ3n) is 3.27. The monoisotopic (exact) mass is 299 g/mol. The van der Waals surface area contributed by atoms with Crippen molar-refractivity contribution in [1.29, 1.82) is 0 Å². The third kappa shape index (κ3) is 3.54. The van der Waals surface area contributed by atoms with E-state index < -0.39 is 0 Å². The first-order valence-electron chi connectivity index (χ1n) is 6.33. The van der Waals surface area contributed by atoms with Gasteiger partial charge in [-0.3, -0.25) is 4.79 Å². The van der Waals surface area contributed by atoms with Crippen LogP contribution in [0.2, 0.25) is 5.02 Å². The van der Waals surface area contributed by atoms with Crippen LogP contribution in [0.4, 0.5) is 5.82 Å². The molecular formula is C13H18ClN3OS. The van der Waals surface area contributed by atoms with Crippen molar-refractivity contribution in [1.82, 2.24) is 10.3 Å². The molecule has 0 aromatic carbocycles. The van der Waals surface area contributed by atoms with Gasteiger partial charge in [-0.15, -0.1) is 0 Å².